The number of nitrogens with zero attached hydrogens (tertiary/aromatic N) is 3. The average molecular weight is 361 g/mol. The Hall–Kier alpha value is -2.41. The van der Waals surface area contributed by atoms with Crippen LogP contribution in [0.3, 0.4) is 0 Å². The zero-order valence-electron chi connectivity index (χ0n) is 11.8. The first-order valence-corrected chi connectivity index (χ1v) is 7.36. The molecule has 2 heterocycles. The number of methoxy groups -OCH3 is 1. The van der Waals surface area contributed by atoms with E-state index in [4.69, 9.17) is 4.74 Å². The summed E-state index contributed by atoms with van der Waals surface area (Å²) in [4.78, 5) is 16.5. The van der Waals surface area contributed by atoms with E-state index in [0.717, 1.165) is 15.8 Å². The Labute approximate surface area is 135 Å². The minimum Gasteiger partial charge on any atom is -0.497 e. The normalized spacial score (nSPS) is 10.6. The second-order valence-electron chi connectivity index (χ2n) is 4.63. The van der Waals surface area contributed by atoms with Gasteiger partial charge in [-0.1, -0.05) is 12.1 Å². The van der Waals surface area contributed by atoms with Gasteiger partial charge in [0.25, 0.3) is 5.91 Å². The summed E-state index contributed by atoms with van der Waals surface area (Å²) < 4.78 is 7.46. The summed E-state index contributed by atoms with van der Waals surface area (Å²) in [5, 5.41) is 6.99. The third-order valence-electron chi connectivity index (χ3n) is 3.18. The molecule has 1 aromatic carbocycles. The van der Waals surface area contributed by atoms with Gasteiger partial charge in [0, 0.05) is 18.9 Å². The monoisotopic (exact) mass is 360 g/mol. The highest BCUT2D eigenvalue weighted by atomic mass is 79.9. The number of halogens is 1. The van der Waals surface area contributed by atoms with Gasteiger partial charge in [-0.05, 0) is 33.6 Å². The van der Waals surface area contributed by atoms with E-state index in [-0.39, 0.29) is 5.91 Å². The molecule has 0 fully saturated rings. The highest BCUT2D eigenvalue weighted by Gasteiger charge is 2.13. The molecule has 0 bridgehead atoms. The van der Waals surface area contributed by atoms with Crippen molar-refractivity contribution in [2.75, 3.05) is 7.11 Å². The maximum Gasteiger partial charge on any atom is 0.257 e. The van der Waals surface area contributed by atoms with Crippen LogP contribution in [0.15, 0.2) is 47.3 Å². The van der Waals surface area contributed by atoms with Crippen LogP contribution >= 0.6 is 15.9 Å². The minimum absolute atomic E-state index is 0.208. The van der Waals surface area contributed by atoms with Crippen molar-refractivity contribution < 1.29 is 9.53 Å². The van der Waals surface area contributed by atoms with Crippen LogP contribution < -0.4 is 10.1 Å². The molecule has 0 aliphatic rings. The van der Waals surface area contributed by atoms with Crippen LogP contribution in [0, 0.1) is 0 Å². The molecule has 0 aliphatic heterocycles. The Morgan fingerprint density at radius 2 is 2.09 bits per heavy atom. The number of carbonyl (C=O) groups excluding carboxylic acids is 1. The Morgan fingerprint density at radius 1 is 1.32 bits per heavy atom. The molecule has 0 saturated carbocycles. The molecule has 0 spiro atoms. The first-order valence-electron chi connectivity index (χ1n) is 6.57. The molecule has 1 amide bonds. The maximum absolute atomic E-state index is 12.3. The zero-order valence-corrected chi connectivity index (χ0v) is 13.4. The van der Waals surface area contributed by atoms with Gasteiger partial charge in [0.1, 0.15) is 11.3 Å². The summed E-state index contributed by atoms with van der Waals surface area (Å²) in [6, 6.07) is 7.53. The molecule has 0 atom stereocenters. The number of aromatic nitrogens is 3. The Kier molecular flexibility index (Phi) is 4.06. The second kappa shape index (κ2) is 6.15. The van der Waals surface area contributed by atoms with Crippen LogP contribution in [0.5, 0.6) is 5.75 Å². The molecule has 3 rings (SSSR count). The van der Waals surface area contributed by atoms with Crippen molar-refractivity contribution in [1.82, 2.24) is 19.9 Å². The van der Waals surface area contributed by atoms with Crippen LogP contribution in [0.2, 0.25) is 0 Å². The number of carbonyl (C=O) groups is 1. The predicted molar refractivity (Wildman–Crippen MR) is 84.9 cm³/mol. The van der Waals surface area contributed by atoms with Gasteiger partial charge in [-0.3, -0.25) is 4.79 Å². The van der Waals surface area contributed by atoms with Crippen molar-refractivity contribution >= 4 is 27.5 Å². The molecular weight excluding hydrogens is 348 g/mol. The highest BCUT2D eigenvalue weighted by Crippen LogP contribution is 2.13. The average Bonchev–Trinajstić information content (AvgIpc) is 2.96. The number of amides is 1. The van der Waals surface area contributed by atoms with Crippen molar-refractivity contribution in [3.63, 3.8) is 0 Å². The van der Waals surface area contributed by atoms with Crippen molar-refractivity contribution in [1.29, 1.82) is 0 Å². The third-order valence-corrected chi connectivity index (χ3v) is 3.59. The Balaban J connectivity index is 1.72. The van der Waals surface area contributed by atoms with Crippen LogP contribution in [-0.4, -0.2) is 27.6 Å². The first kappa shape index (κ1) is 14.5. The lowest BCUT2D eigenvalue weighted by Crippen LogP contribution is -2.22. The minimum atomic E-state index is -0.208. The van der Waals surface area contributed by atoms with E-state index >= 15 is 0 Å². The fourth-order valence-corrected chi connectivity index (χ4v) is 2.33. The fraction of sp³-hybridized carbons (Fsp3) is 0.133. The quantitative estimate of drug-likeness (QED) is 0.775. The van der Waals surface area contributed by atoms with E-state index in [0.29, 0.717) is 17.8 Å². The fourth-order valence-electron chi connectivity index (χ4n) is 2.03. The third kappa shape index (κ3) is 2.94. The SMILES string of the molecule is COc1ccc(CNC(=O)c2cnn3cc(Br)cnc23)cc1. The van der Waals surface area contributed by atoms with Crippen LogP contribution in [-0.2, 0) is 6.54 Å². The molecule has 7 heteroatoms. The van der Waals surface area contributed by atoms with Gasteiger partial charge in [0.05, 0.1) is 17.8 Å². The largest absolute Gasteiger partial charge is 0.497 e. The van der Waals surface area contributed by atoms with E-state index in [9.17, 15) is 4.79 Å². The summed E-state index contributed by atoms with van der Waals surface area (Å²) in [5.41, 5.74) is 1.96. The van der Waals surface area contributed by atoms with Gasteiger partial charge in [0.15, 0.2) is 5.65 Å². The standard InChI is InChI=1S/C15H13BrN4O2/c1-22-12-4-2-10(3-5-12)6-18-15(21)13-8-19-20-9-11(16)7-17-14(13)20/h2-5,7-9H,6H2,1H3,(H,18,21). The van der Waals surface area contributed by atoms with E-state index in [2.05, 4.69) is 31.3 Å². The number of benzene rings is 1. The van der Waals surface area contributed by atoms with Gasteiger partial charge >= 0.3 is 0 Å². The predicted octanol–water partition coefficient (Wildman–Crippen LogP) is 2.43. The number of nitrogens with one attached hydrogen (secondary N) is 1. The molecule has 112 valence electrons. The van der Waals surface area contributed by atoms with E-state index in [1.165, 1.54) is 6.20 Å². The van der Waals surface area contributed by atoms with Crippen molar-refractivity contribution in [3.05, 3.63) is 58.5 Å². The highest BCUT2D eigenvalue weighted by molar-refractivity contribution is 9.10. The molecule has 0 unspecified atom stereocenters. The van der Waals surface area contributed by atoms with Crippen LogP contribution in [0.25, 0.3) is 5.65 Å². The lowest BCUT2D eigenvalue weighted by atomic mass is 10.2. The molecule has 0 saturated heterocycles. The number of rotatable bonds is 4. The first-order chi connectivity index (χ1) is 10.7. The molecular formula is C15H13BrN4O2. The summed E-state index contributed by atoms with van der Waals surface area (Å²) in [6.07, 6.45) is 4.90. The summed E-state index contributed by atoms with van der Waals surface area (Å²) in [7, 11) is 1.62. The van der Waals surface area contributed by atoms with E-state index in [1.54, 1.807) is 24.0 Å². The lowest BCUT2D eigenvalue weighted by molar-refractivity contribution is 0.0952. The number of ether oxygens (including phenoxy) is 1. The number of fused-ring (bicyclic) bond motifs is 1. The summed E-state index contributed by atoms with van der Waals surface area (Å²) >= 11 is 3.32. The zero-order chi connectivity index (χ0) is 15.5. The molecule has 2 aromatic heterocycles. The van der Waals surface area contributed by atoms with Crippen molar-refractivity contribution in [2.45, 2.75) is 6.54 Å². The van der Waals surface area contributed by atoms with Gasteiger partial charge in [-0.2, -0.15) is 5.10 Å². The van der Waals surface area contributed by atoms with Gasteiger partial charge in [-0.25, -0.2) is 9.50 Å². The molecule has 22 heavy (non-hydrogen) atoms. The Morgan fingerprint density at radius 3 is 2.82 bits per heavy atom. The van der Waals surface area contributed by atoms with Crippen molar-refractivity contribution in [3.8, 4) is 5.75 Å². The maximum atomic E-state index is 12.3. The lowest BCUT2D eigenvalue weighted by Gasteiger charge is -2.05. The number of hydrogen-bond donors (Lipinski definition) is 1. The smallest absolute Gasteiger partial charge is 0.257 e. The second-order valence-corrected chi connectivity index (χ2v) is 5.55. The van der Waals surface area contributed by atoms with Crippen molar-refractivity contribution in [2.24, 2.45) is 0 Å². The molecule has 0 radical (unpaired) electrons. The van der Waals surface area contributed by atoms with Crippen LogP contribution in [0.4, 0.5) is 0 Å². The summed E-state index contributed by atoms with van der Waals surface area (Å²) in [5.74, 6) is 0.577. The van der Waals surface area contributed by atoms with Gasteiger partial charge in [0.2, 0.25) is 0 Å². The topological polar surface area (TPSA) is 68.5 Å². The summed E-state index contributed by atoms with van der Waals surface area (Å²) in [6.45, 7) is 0.427. The van der Waals surface area contributed by atoms with E-state index < -0.39 is 0 Å². The van der Waals surface area contributed by atoms with Gasteiger partial charge < -0.3 is 10.1 Å². The van der Waals surface area contributed by atoms with Gasteiger partial charge in [-0.15, -0.1) is 0 Å². The molecule has 6 nitrogen and oxygen atoms in total. The van der Waals surface area contributed by atoms with E-state index in [1.807, 2.05) is 24.3 Å². The molecule has 1 N–H and O–H groups in total. The van der Waals surface area contributed by atoms with Crippen LogP contribution in [0.1, 0.15) is 15.9 Å². The molecule has 0 aliphatic carbocycles. The Bertz CT molecular complexity index is 814. The molecule has 3 aromatic rings. The number of hydrogen-bond acceptors (Lipinski definition) is 4.